The summed E-state index contributed by atoms with van der Waals surface area (Å²) < 4.78 is 19.9. The van der Waals surface area contributed by atoms with E-state index in [4.69, 9.17) is 9.72 Å². The van der Waals surface area contributed by atoms with Crippen LogP contribution < -0.4 is 9.64 Å². The molecule has 0 saturated heterocycles. The maximum Gasteiger partial charge on any atom is 0.229 e. The Morgan fingerprint density at radius 3 is 2.48 bits per heavy atom. The third-order valence-corrected chi connectivity index (χ3v) is 7.19. The highest BCUT2D eigenvalue weighted by molar-refractivity contribution is 7.99. The van der Waals surface area contributed by atoms with Crippen molar-refractivity contribution in [2.45, 2.75) is 32.1 Å². The van der Waals surface area contributed by atoms with E-state index >= 15 is 0 Å². The highest BCUT2D eigenvalue weighted by Gasteiger charge is 2.21. The van der Waals surface area contributed by atoms with Gasteiger partial charge >= 0.3 is 0 Å². The van der Waals surface area contributed by atoms with E-state index < -0.39 is 0 Å². The number of thioether (sulfide) groups is 1. The normalized spacial score (nSPS) is 10.9. The van der Waals surface area contributed by atoms with Gasteiger partial charge in [0.25, 0.3) is 0 Å². The summed E-state index contributed by atoms with van der Waals surface area (Å²) in [5.41, 5.74) is 0.802. The molecule has 180 valence electrons. The van der Waals surface area contributed by atoms with Crippen LogP contribution >= 0.6 is 35.5 Å². The lowest BCUT2D eigenvalue weighted by atomic mass is 10.3. The maximum absolute atomic E-state index is 13.2. The monoisotopic (exact) mass is 511 g/mol. The van der Waals surface area contributed by atoms with Crippen molar-refractivity contribution >= 4 is 56.8 Å². The number of ether oxygens (including phenoxy) is 1. The molecule has 0 aliphatic rings. The quantitative estimate of drug-likeness (QED) is 0.274. The standard InChI is InChI=1S/C24H30FN3O2S2.ClH/c1-4-27(5-2)15-16-28(22(29)14-17-31-19-12-10-18(25)11-13-19)24-26-23-20(30-6-3)8-7-9-21(23)32-24;/h7-13H,4-6,14-17H2,1-3H3;1H. The number of amides is 1. The largest absolute Gasteiger partial charge is 0.492 e. The molecule has 0 bridgehead atoms. The number of hydrogen-bond acceptors (Lipinski definition) is 6. The number of anilines is 1. The number of carbonyl (C=O) groups excluding carboxylic acids is 1. The molecule has 0 fully saturated rings. The van der Waals surface area contributed by atoms with Crippen LogP contribution in [0.2, 0.25) is 0 Å². The third-order valence-electron chi connectivity index (χ3n) is 5.14. The van der Waals surface area contributed by atoms with Crippen molar-refractivity contribution in [1.29, 1.82) is 0 Å². The van der Waals surface area contributed by atoms with Crippen LogP contribution in [0.5, 0.6) is 5.75 Å². The van der Waals surface area contributed by atoms with Crippen molar-refractivity contribution in [2.75, 3.05) is 43.4 Å². The third kappa shape index (κ3) is 7.57. The number of likely N-dealkylation sites (N-methyl/N-ethyl adjacent to an activating group) is 1. The molecule has 2 aromatic carbocycles. The van der Waals surface area contributed by atoms with E-state index in [0.29, 0.717) is 30.5 Å². The van der Waals surface area contributed by atoms with Crippen molar-refractivity contribution in [1.82, 2.24) is 9.88 Å². The molecule has 3 aromatic rings. The Hall–Kier alpha value is -1.87. The number of rotatable bonds is 12. The Morgan fingerprint density at radius 1 is 1.09 bits per heavy atom. The number of thiazole rings is 1. The molecule has 0 atom stereocenters. The molecule has 0 aliphatic carbocycles. The van der Waals surface area contributed by atoms with Gasteiger partial charge in [-0.3, -0.25) is 9.69 Å². The molecule has 0 radical (unpaired) electrons. The van der Waals surface area contributed by atoms with Gasteiger partial charge in [-0.25, -0.2) is 9.37 Å². The number of fused-ring (bicyclic) bond motifs is 1. The predicted octanol–water partition coefficient (Wildman–Crippen LogP) is 6.11. The second-order valence-electron chi connectivity index (χ2n) is 7.16. The van der Waals surface area contributed by atoms with E-state index in [-0.39, 0.29) is 24.1 Å². The molecule has 5 nitrogen and oxygen atoms in total. The molecular weight excluding hydrogens is 481 g/mol. The summed E-state index contributed by atoms with van der Waals surface area (Å²) in [6, 6.07) is 12.2. The first kappa shape index (κ1) is 27.4. The zero-order valence-corrected chi connectivity index (χ0v) is 21.7. The first-order valence-electron chi connectivity index (χ1n) is 11.0. The van der Waals surface area contributed by atoms with Gasteiger partial charge < -0.3 is 9.64 Å². The molecular formula is C24H31ClFN3O2S2. The second kappa shape index (κ2) is 13.7. The van der Waals surface area contributed by atoms with Gasteiger partial charge in [-0.05, 0) is 56.4 Å². The van der Waals surface area contributed by atoms with Gasteiger partial charge in [-0.1, -0.05) is 31.3 Å². The smallest absolute Gasteiger partial charge is 0.229 e. The lowest BCUT2D eigenvalue weighted by molar-refractivity contribution is -0.118. The summed E-state index contributed by atoms with van der Waals surface area (Å²) in [4.78, 5) is 23.1. The molecule has 0 unspecified atom stereocenters. The summed E-state index contributed by atoms with van der Waals surface area (Å²) in [5.74, 6) is 1.16. The highest BCUT2D eigenvalue weighted by atomic mass is 35.5. The van der Waals surface area contributed by atoms with Crippen LogP contribution in [0.4, 0.5) is 9.52 Å². The topological polar surface area (TPSA) is 45.7 Å². The van der Waals surface area contributed by atoms with Gasteiger partial charge in [0.15, 0.2) is 5.13 Å². The Kier molecular flexibility index (Phi) is 11.4. The first-order valence-corrected chi connectivity index (χ1v) is 12.8. The van der Waals surface area contributed by atoms with Crippen molar-refractivity contribution in [3.63, 3.8) is 0 Å². The molecule has 0 spiro atoms. The minimum Gasteiger partial charge on any atom is -0.492 e. The zero-order valence-electron chi connectivity index (χ0n) is 19.3. The first-order chi connectivity index (χ1) is 15.5. The molecule has 1 heterocycles. The number of benzene rings is 2. The van der Waals surface area contributed by atoms with E-state index in [1.807, 2.05) is 30.0 Å². The maximum atomic E-state index is 13.2. The van der Waals surface area contributed by atoms with E-state index in [9.17, 15) is 9.18 Å². The summed E-state index contributed by atoms with van der Waals surface area (Å²) in [7, 11) is 0. The lowest BCUT2D eigenvalue weighted by Gasteiger charge is -2.24. The lowest BCUT2D eigenvalue weighted by Crippen LogP contribution is -2.39. The summed E-state index contributed by atoms with van der Waals surface area (Å²) in [6.07, 6.45) is 0.383. The van der Waals surface area contributed by atoms with Gasteiger partial charge in [0.1, 0.15) is 17.1 Å². The number of carbonyl (C=O) groups is 1. The van der Waals surface area contributed by atoms with Crippen LogP contribution in [0.15, 0.2) is 47.4 Å². The Balaban J connectivity index is 0.00000385. The van der Waals surface area contributed by atoms with E-state index in [1.54, 1.807) is 23.9 Å². The van der Waals surface area contributed by atoms with Crippen molar-refractivity contribution < 1.29 is 13.9 Å². The van der Waals surface area contributed by atoms with Crippen molar-refractivity contribution in [2.24, 2.45) is 0 Å². The fourth-order valence-corrected chi connectivity index (χ4v) is 5.20. The molecule has 9 heteroatoms. The average Bonchev–Trinajstić information content (AvgIpc) is 3.23. The average molecular weight is 512 g/mol. The number of halogens is 2. The molecule has 0 saturated carbocycles. The van der Waals surface area contributed by atoms with E-state index in [0.717, 1.165) is 40.5 Å². The van der Waals surface area contributed by atoms with Crippen LogP contribution in [0, 0.1) is 5.82 Å². The number of aromatic nitrogens is 1. The van der Waals surface area contributed by atoms with Crippen LogP contribution in [0.25, 0.3) is 10.2 Å². The number of nitrogens with zero attached hydrogens (tertiary/aromatic N) is 3. The van der Waals surface area contributed by atoms with Gasteiger partial charge in [0.2, 0.25) is 5.91 Å². The molecule has 0 aliphatic heterocycles. The van der Waals surface area contributed by atoms with Gasteiger partial charge in [-0.2, -0.15) is 0 Å². The van der Waals surface area contributed by atoms with Gasteiger partial charge in [-0.15, -0.1) is 24.2 Å². The minimum atomic E-state index is -0.254. The second-order valence-corrected chi connectivity index (χ2v) is 9.33. The molecule has 1 amide bonds. The number of para-hydroxylation sites is 1. The summed E-state index contributed by atoms with van der Waals surface area (Å²) in [5, 5.41) is 0.705. The number of hydrogen-bond donors (Lipinski definition) is 0. The van der Waals surface area contributed by atoms with Gasteiger partial charge in [0.05, 0.1) is 11.3 Å². The van der Waals surface area contributed by atoms with E-state index in [2.05, 4.69) is 18.7 Å². The Bertz CT molecular complexity index is 1010. The van der Waals surface area contributed by atoms with Crippen LogP contribution in [0.3, 0.4) is 0 Å². The van der Waals surface area contributed by atoms with Crippen molar-refractivity contribution in [3.8, 4) is 5.75 Å². The molecule has 3 rings (SSSR count). The predicted molar refractivity (Wildman–Crippen MR) is 140 cm³/mol. The van der Waals surface area contributed by atoms with Crippen LogP contribution in [-0.2, 0) is 4.79 Å². The van der Waals surface area contributed by atoms with Crippen molar-refractivity contribution in [3.05, 3.63) is 48.3 Å². The summed E-state index contributed by atoms with van der Waals surface area (Å²) in [6.45, 7) is 10.0. The summed E-state index contributed by atoms with van der Waals surface area (Å²) >= 11 is 3.07. The van der Waals surface area contributed by atoms with Crippen LogP contribution in [0.1, 0.15) is 27.2 Å². The highest BCUT2D eigenvalue weighted by Crippen LogP contribution is 2.34. The fraction of sp³-hybridized carbons (Fsp3) is 0.417. The molecule has 1 aromatic heterocycles. The fourth-order valence-electron chi connectivity index (χ4n) is 3.33. The molecule has 33 heavy (non-hydrogen) atoms. The molecule has 0 N–H and O–H groups in total. The SMILES string of the molecule is CCOc1cccc2sc(N(CCN(CC)CC)C(=O)CCSc3ccc(F)cc3)nc12.Cl. The zero-order chi connectivity index (χ0) is 22.9. The van der Waals surface area contributed by atoms with Crippen LogP contribution in [-0.4, -0.2) is 54.3 Å². The Morgan fingerprint density at radius 2 is 1.82 bits per heavy atom. The minimum absolute atomic E-state index is 0. The van der Waals surface area contributed by atoms with E-state index in [1.165, 1.54) is 23.5 Å². The van der Waals surface area contributed by atoms with Gasteiger partial charge in [0, 0.05) is 30.2 Å². The Labute approximate surface area is 209 Å².